The molecule has 48 heavy (non-hydrogen) atoms. The van der Waals surface area contributed by atoms with Gasteiger partial charge in [-0.2, -0.15) is 0 Å². The van der Waals surface area contributed by atoms with Gasteiger partial charge in [0.05, 0.1) is 11.9 Å². The summed E-state index contributed by atoms with van der Waals surface area (Å²) in [6.07, 6.45) is 4.87. The van der Waals surface area contributed by atoms with Crippen LogP contribution in [0.25, 0.3) is 11.2 Å². The van der Waals surface area contributed by atoms with Gasteiger partial charge < -0.3 is 31.3 Å². The topological polar surface area (TPSA) is 212 Å². The molecule has 2 amide bonds. The second kappa shape index (κ2) is 15.0. The molecule has 1 saturated heterocycles. The number of aliphatic carboxylic acids is 1. The second-order valence-corrected chi connectivity index (χ2v) is 14.3. The van der Waals surface area contributed by atoms with Crippen molar-refractivity contribution >= 4 is 80.8 Å². The lowest BCUT2D eigenvalue weighted by Gasteiger charge is -2.49. The SMILES string of the molecule is CCCCc1nc2c(ccc[n+]2CC2=C(C=O)N3C(=O)C(NC(=O)/C(=N\O[C@@H](C)C(=O)O)c4nc(N)sc4Cl)C3SC2)n1CC[C@H](C)N. The molecule has 15 nitrogen and oxygen atoms in total. The van der Waals surface area contributed by atoms with Crippen molar-refractivity contribution in [3.05, 3.63) is 45.5 Å². The van der Waals surface area contributed by atoms with Crippen LogP contribution in [0, 0.1) is 0 Å². The number of β-lactam (4-membered cyclic amide) rings is 1. The first-order valence-electron chi connectivity index (χ1n) is 15.4. The fourth-order valence-corrected chi connectivity index (χ4v) is 7.67. The van der Waals surface area contributed by atoms with Crippen molar-refractivity contribution in [3.8, 4) is 0 Å². The number of hydrogen-bond acceptors (Lipinski definition) is 12. The van der Waals surface area contributed by atoms with E-state index in [1.807, 2.05) is 29.8 Å². The number of rotatable bonds is 15. The van der Waals surface area contributed by atoms with Crippen LogP contribution in [0.1, 0.15) is 51.6 Å². The predicted octanol–water partition coefficient (Wildman–Crippen LogP) is 1.84. The van der Waals surface area contributed by atoms with Crippen LogP contribution >= 0.6 is 34.7 Å². The quantitative estimate of drug-likeness (QED) is 0.0585. The van der Waals surface area contributed by atoms with Gasteiger partial charge >= 0.3 is 11.6 Å². The van der Waals surface area contributed by atoms with Crippen LogP contribution in [0.15, 0.2) is 34.8 Å². The van der Waals surface area contributed by atoms with E-state index >= 15 is 0 Å². The van der Waals surface area contributed by atoms with Gasteiger partial charge in [-0.1, -0.05) is 41.4 Å². The van der Waals surface area contributed by atoms with E-state index in [9.17, 15) is 19.2 Å². The molecular formula is C30H37ClN9O6S2+. The minimum atomic E-state index is -1.38. The third-order valence-electron chi connectivity index (χ3n) is 7.96. The number of unbranched alkanes of at least 4 members (excludes halogenated alkanes) is 1. The normalized spacial score (nSPS) is 19.1. The third kappa shape index (κ3) is 7.18. The lowest BCUT2D eigenvalue weighted by Crippen LogP contribution is -2.70. The van der Waals surface area contributed by atoms with Crippen LogP contribution in [0.2, 0.25) is 4.34 Å². The number of nitrogens with two attached hydrogens (primary N) is 2. The molecule has 3 aromatic rings. The highest BCUT2D eigenvalue weighted by molar-refractivity contribution is 8.00. The summed E-state index contributed by atoms with van der Waals surface area (Å²) in [5, 5.41) is 15.0. The summed E-state index contributed by atoms with van der Waals surface area (Å²) in [5.74, 6) is -1.27. The van der Waals surface area contributed by atoms with Gasteiger partial charge in [0.15, 0.2) is 17.1 Å². The standard InChI is InChI=1S/C30H36ClN9O6S2/c1-4-5-8-20-34-25-18(39(20)11-9-15(2)32)7-6-10-38(25)12-17-14-47-28-23(27(43)40(28)19(17)13-41)35-26(42)22(37-46-16(3)29(44)45)21-24(31)48-30(33)36-21/h6-7,10,13,15-16,23,28H,4-5,8-9,11-12,14,32H2,1-3H3,(H3-,33,35,36,42,44,45)/p+1/b37-22-/t15-,16-,23?,28?/m0/s1. The molecule has 3 aromatic heterocycles. The number of nitrogen functional groups attached to an aromatic ring is 1. The third-order valence-corrected chi connectivity index (χ3v) is 10.4. The molecule has 4 atom stereocenters. The van der Waals surface area contributed by atoms with Gasteiger partial charge in [-0.15, -0.1) is 11.8 Å². The van der Waals surface area contributed by atoms with Gasteiger partial charge in [-0.05, 0) is 43.8 Å². The summed E-state index contributed by atoms with van der Waals surface area (Å²) in [4.78, 5) is 65.9. The Balaban J connectivity index is 1.38. The number of carbonyl (C=O) groups excluding carboxylic acids is 3. The monoisotopic (exact) mass is 718 g/mol. The number of hydrogen-bond donors (Lipinski definition) is 4. The molecule has 18 heteroatoms. The molecular weight excluding hydrogens is 682 g/mol. The first-order valence-corrected chi connectivity index (χ1v) is 17.6. The number of pyridine rings is 1. The molecule has 0 aliphatic carbocycles. The summed E-state index contributed by atoms with van der Waals surface area (Å²) in [7, 11) is 0. The zero-order valence-electron chi connectivity index (χ0n) is 26.6. The number of nitrogens with zero attached hydrogens (tertiary/aromatic N) is 6. The number of carbonyl (C=O) groups is 4. The number of nitrogens with one attached hydrogen (secondary N) is 1. The summed E-state index contributed by atoms with van der Waals surface area (Å²) in [6.45, 7) is 6.43. The Labute approximate surface area is 289 Å². The van der Waals surface area contributed by atoms with Gasteiger partial charge in [-0.25, -0.2) is 14.3 Å². The Morgan fingerprint density at radius 3 is 2.77 bits per heavy atom. The molecule has 2 aliphatic rings. The van der Waals surface area contributed by atoms with Crippen LogP contribution in [-0.4, -0.2) is 83.6 Å². The molecule has 0 saturated carbocycles. The lowest BCUT2D eigenvalue weighted by molar-refractivity contribution is -0.664. The minimum absolute atomic E-state index is 0.0289. The summed E-state index contributed by atoms with van der Waals surface area (Å²) in [6, 6.07) is 3.01. The van der Waals surface area contributed by atoms with E-state index in [0.717, 1.165) is 66.1 Å². The number of carboxylic acids is 1. The van der Waals surface area contributed by atoms with E-state index < -0.39 is 41.0 Å². The Morgan fingerprint density at radius 2 is 2.12 bits per heavy atom. The van der Waals surface area contributed by atoms with Crippen LogP contribution < -0.4 is 21.4 Å². The van der Waals surface area contributed by atoms with Crippen LogP contribution in [-0.2, 0) is 43.5 Å². The first kappa shape index (κ1) is 35.3. The van der Waals surface area contributed by atoms with Crippen molar-refractivity contribution in [2.75, 3.05) is 11.5 Å². The lowest BCUT2D eigenvalue weighted by atomic mass is 10.0. The van der Waals surface area contributed by atoms with Crippen molar-refractivity contribution in [2.45, 2.75) is 83.1 Å². The predicted molar refractivity (Wildman–Crippen MR) is 181 cm³/mol. The molecule has 0 aromatic carbocycles. The maximum atomic E-state index is 13.4. The molecule has 0 radical (unpaired) electrons. The fourth-order valence-electron chi connectivity index (χ4n) is 5.39. The van der Waals surface area contributed by atoms with E-state index in [2.05, 4.69) is 26.9 Å². The first-order chi connectivity index (χ1) is 22.9. The largest absolute Gasteiger partial charge is 0.478 e. The van der Waals surface area contributed by atoms with Gasteiger partial charge in [0.25, 0.3) is 11.8 Å². The number of thioether (sulfide) groups is 1. The number of aryl methyl sites for hydroxylation is 2. The molecule has 2 aliphatic heterocycles. The van der Waals surface area contributed by atoms with E-state index in [0.29, 0.717) is 18.6 Å². The number of oxime groups is 1. The molecule has 2 unspecified atom stereocenters. The van der Waals surface area contributed by atoms with E-state index in [4.69, 9.17) is 38.0 Å². The molecule has 6 N–H and O–H groups in total. The molecule has 0 spiro atoms. The van der Waals surface area contributed by atoms with Gasteiger partial charge in [0, 0.05) is 30.3 Å². The minimum Gasteiger partial charge on any atom is -0.478 e. The van der Waals surface area contributed by atoms with Crippen molar-refractivity contribution < 1.29 is 33.7 Å². The number of halogens is 1. The Morgan fingerprint density at radius 1 is 1.35 bits per heavy atom. The summed E-state index contributed by atoms with van der Waals surface area (Å²) >= 11 is 8.50. The maximum absolute atomic E-state index is 13.4. The summed E-state index contributed by atoms with van der Waals surface area (Å²) < 4.78 is 4.23. The van der Waals surface area contributed by atoms with Crippen LogP contribution in [0.3, 0.4) is 0 Å². The number of allylic oxidation sites excluding steroid dienone is 1. The van der Waals surface area contributed by atoms with E-state index in [1.54, 1.807) is 0 Å². The zero-order chi connectivity index (χ0) is 34.7. The summed E-state index contributed by atoms with van der Waals surface area (Å²) in [5.41, 5.74) is 14.0. The smallest absolute Gasteiger partial charge is 0.349 e. The fraction of sp³-hybridized carbons (Fsp3) is 0.467. The van der Waals surface area contributed by atoms with Crippen molar-refractivity contribution in [2.24, 2.45) is 10.9 Å². The number of aromatic nitrogens is 4. The molecule has 256 valence electrons. The second-order valence-electron chi connectivity index (χ2n) is 11.6. The molecule has 5 rings (SSSR count). The number of aldehydes is 1. The average Bonchev–Trinajstić information content (AvgIpc) is 3.59. The highest BCUT2D eigenvalue weighted by Crippen LogP contribution is 2.40. The molecule has 0 bridgehead atoms. The highest BCUT2D eigenvalue weighted by atomic mass is 35.5. The number of amides is 2. The number of thiazole rings is 1. The number of fused-ring (bicyclic) bond motifs is 2. The van der Waals surface area contributed by atoms with Crippen molar-refractivity contribution in [3.63, 3.8) is 0 Å². The van der Waals surface area contributed by atoms with E-state index in [-0.39, 0.29) is 26.9 Å². The Hall–Kier alpha value is -4.06. The molecule has 1 fully saturated rings. The van der Waals surface area contributed by atoms with E-state index in [1.165, 1.54) is 23.6 Å². The number of anilines is 1. The Bertz CT molecular complexity index is 1810. The van der Waals surface area contributed by atoms with Gasteiger partial charge in [0.2, 0.25) is 11.9 Å². The van der Waals surface area contributed by atoms with Gasteiger partial charge in [-0.3, -0.25) is 19.3 Å². The van der Waals surface area contributed by atoms with Gasteiger partial charge in [0.1, 0.15) is 33.5 Å². The highest BCUT2D eigenvalue weighted by Gasteiger charge is 2.53. The van der Waals surface area contributed by atoms with Crippen LogP contribution in [0.4, 0.5) is 5.13 Å². The molecule has 5 heterocycles. The van der Waals surface area contributed by atoms with Crippen molar-refractivity contribution in [1.29, 1.82) is 0 Å². The Kier molecular flexibility index (Phi) is 11.0. The average molecular weight is 719 g/mol. The van der Waals surface area contributed by atoms with Crippen LogP contribution in [0.5, 0.6) is 0 Å². The number of carboxylic acid groups (broad SMARTS) is 1. The zero-order valence-corrected chi connectivity index (χ0v) is 29.0. The number of imidazole rings is 1. The van der Waals surface area contributed by atoms with Crippen molar-refractivity contribution in [1.82, 2.24) is 24.8 Å². The maximum Gasteiger partial charge on any atom is 0.349 e.